The highest BCUT2D eigenvalue weighted by Gasteiger charge is 2.15. The summed E-state index contributed by atoms with van der Waals surface area (Å²) in [5.74, 6) is 0.716. The molecule has 1 amide bonds. The summed E-state index contributed by atoms with van der Waals surface area (Å²) in [6.07, 6.45) is 3.47. The molecule has 0 radical (unpaired) electrons. The van der Waals surface area contributed by atoms with E-state index in [4.69, 9.17) is 4.74 Å². The molecule has 5 aromatic rings. The summed E-state index contributed by atoms with van der Waals surface area (Å²) in [6.45, 7) is 0.940. The van der Waals surface area contributed by atoms with Gasteiger partial charge in [0.25, 0.3) is 5.91 Å². The Bertz CT molecular complexity index is 1450. The van der Waals surface area contributed by atoms with Gasteiger partial charge in [-0.1, -0.05) is 64.5 Å². The second-order valence-electron chi connectivity index (χ2n) is 8.20. The van der Waals surface area contributed by atoms with E-state index in [1.807, 2.05) is 66.7 Å². The number of thiophene rings is 1. The van der Waals surface area contributed by atoms with E-state index < -0.39 is 0 Å². The van der Waals surface area contributed by atoms with Gasteiger partial charge < -0.3 is 10.1 Å². The summed E-state index contributed by atoms with van der Waals surface area (Å²) < 4.78 is 7.22. The topological polar surface area (TPSA) is 51.2 Å². The minimum atomic E-state index is -0.111. The summed E-state index contributed by atoms with van der Waals surface area (Å²) >= 11 is 5.29. The smallest absolute Gasteiger partial charge is 0.251 e. The summed E-state index contributed by atoms with van der Waals surface area (Å²) in [6, 6.07) is 29.9. The maximum atomic E-state index is 12.6. The number of nitrogens with zero attached hydrogens (tertiary/aromatic N) is 1. The summed E-state index contributed by atoms with van der Waals surface area (Å²) in [7, 11) is 0. The predicted octanol–water partition coefficient (Wildman–Crippen LogP) is 7.75. The van der Waals surface area contributed by atoms with Crippen molar-refractivity contribution in [3.05, 3.63) is 130 Å². The van der Waals surface area contributed by atoms with Gasteiger partial charge in [0.05, 0.1) is 0 Å². The first-order valence-electron chi connectivity index (χ1n) is 11.5. The molecule has 0 aliphatic heterocycles. The fourth-order valence-corrected chi connectivity index (χ4v) is 5.16. The molecule has 5 rings (SSSR count). The minimum absolute atomic E-state index is 0.111. The highest BCUT2D eigenvalue weighted by molar-refractivity contribution is 9.10. The first kappa shape index (κ1) is 24.0. The number of halogens is 1. The molecule has 0 atom stereocenters. The molecule has 0 aliphatic rings. The third-order valence-corrected chi connectivity index (χ3v) is 7.18. The Hall–Kier alpha value is -3.74. The van der Waals surface area contributed by atoms with Crippen molar-refractivity contribution in [3.8, 4) is 27.3 Å². The largest absolute Gasteiger partial charge is 0.488 e. The molecule has 0 saturated carbocycles. The monoisotopic (exact) mass is 554 g/mol. The van der Waals surface area contributed by atoms with Gasteiger partial charge in [-0.2, -0.15) is 0 Å². The summed E-state index contributed by atoms with van der Waals surface area (Å²) in [5.41, 5.74) is 5.88. The Morgan fingerprint density at radius 2 is 1.69 bits per heavy atom. The van der Waals surface area contributed by atoms with Crippen LogP contribution in [-0.2, 0) is 13.2 Å². The molecule has 4 nitrogen and oxygen atoms in total. The number of hydrogen-bond donors (Lipinski definition) is 1. The zero-order valence-corrected chi connectivity index (χ0v) is 21.8. The molecule has 0 fully saturated rings. The number of amides is 1. The maximum Gasteiger partial charge on any atom is 0.251 e. The van der Waals surface area contributed by atoms with Gasteiger partial charge in [0, 0.05) is 45.0 Å². The van der Waals surface area contributed by atoms with Gasteiger partial charge in [-0.05, 0) is 64.5 Å². The molecular formula is C30H23BrN2O2S. The molecule has 0 saturated heterocycles. The molecule has 0 aliphatic carbocycles. The highest BCUT2D eigenvalue weighted by Crippen LogP contribution is 2.42. The van der Waals surface area contributed by atoms with Crippen LogP contribution in [-0.4, -0.2) is 10.9 Å². The zero-order valence-electron chi connectivity index (χ0n) is 19.4. The van der Waals surface area contributed by atoms with Gasteiger partial charge in [-0.15, -0.1) is 11.3 Å². The molecular weight excluding hydrogens is 532 g/mol. The van der Waals surface area contributed by atoms with Crippen molar-refractivity contribution < 1.29 is 9.53 Å². The lowest BCUT2D eigenvalue weighted by Gasteiger charge is -2.13. The van der Waals surface area contributed by atoms with Gasteiger partial charge in [0.1, 0.15) is 12.4 Å². The number of ether oxygens (including phenoxy) is 1. The molecule has 3 aromatic carbocycles. The van der Waals surface area contributed by atoms with E-state index in [1.54, 1.807) is 23.7 Å². The average Bonchev–Trinajstić information content (AvgIpc) is 3.42. The van der Waals surface area contributed by atoms with E-state index >= 15 is 0 Å². The van der Waals surface area contributed by atoms with Crippen molar-refractivity contribution >= 4 is 33.2 Å². The Morgan fingerprint density at radius 3 is 2.47 bits per heavy atom. The van der Waals surface area contributed by atoms with Crippen molar-refractivity contribution in [3.63, 3.8) is 0 Å². The van der Waals surface area contributed by atoms with E-state index in [9.17, 15) is 4.79 Å². The zero-order chi connectivity index (χ0) is 24.7. The maximum absolute atomic E-state index is 12.6. The van der Waals surface area contributed by atoms with E-state index in [2.05, 4.69) is 55.9 Å². The second kappa shape index (κ2) is 11.3. The molecule has 0 unspecified atom stereocenters. The molecule has 1 N–H and O–H groups in total. The van der Waals surface area contributed by atoms with Crippen LogP contribution >= 0.6 is 27.3 Å². The van der Waals surface area contributed by atoms with Crippen molar-refractivity contribution in [2.75, 3.05) is 0 Å². The Kier molecular flexibility index (Phi) is 7.55. The Labute approximate surface area is 222 Å². The molecule has 178 valence electrons. The number of carbonyl (C=O) groups excluding carboxylic acids is 1. The molecule has 0 bridgehead atoms. The minimum Gasteiger partial charge on any atom is -0.488 e. The van der Waals surface area contributed by atoms with Crippen LogP contribution in [0.4, 0.5) is 0 Å². The molecule has 0 spiro atoms. The number of pyridine rings is 1. The normalized spacial score (nSPS) is 10.7. The van der Waals surface area contributed by atoms with Crippen molar-refractivity contribution in [1.82, 2.24) is 10.3 Å². The number of hydrogen-bond acceptors (Lipinski definition) is 4. The third kappa shape index (κ3) is 5.73. The average molecular weight is 555 g/mol. The van der Waals surface area contributed by atoms with Crippen molar-refractivity contribution in [2.24, 2.45) is 0 Å². The van der Waals surface area contributed by atoms with Crippen LogP contribution in [0.2, 0.25) is 0 Å². The van der Waals surface area contributed by atoms with Crippen LogP contribution in [0.5, 0.6) is 5.75 Å². The summed E-state index contributed by atoms with van der Waals surface area (Å²) in [5, 5.41) is 5.03. The van der Waals surface area contributed by atoms with Crippen molar-refractivity contribution in [2.45, 2.75) is 13.2 Å². The van der Waals surface area contributed by atoms with Crippen LogP contribution in [0, 0.1) is 0 Å². The lowest BCUT2D eigenvalue weighted by atomic mass is 10.0. The number of nitrogens with one attached hydrogen (secondary N) is 1. The fourth-order valence-electron chi connectivity index (χ4n) is 3.88. The van der Waals surface area contributed by atoms with Crippen LogP contribution in [0.25, 0.3) is 21.6 Å². The third-order valence-electron chi connectivity index (χ3n) is 5.72. The van der Waals surface area contributed by atoms with Crippen molar-refractivity contribution in [1.29, 1.82) is 0 Å². The quantitative estimate of drug-likeness (QED) is 0.213. The lowest BCUT2D eigenvalue weighted by molar-refractivity contribution is 0.0951. The number of carbonyl (C=O) groups is 1. The first-order valence-corrected chi connectivity index (χ1v) is 13.2. The summed E-state index contributed by atoms with van der Waals surface area (Å²) in [4.78, 5) is 17.8. The van der Waals surface area contributed by atoms with Crippen LogP contribution < -0.4 is 10.1 Å². The highest BCUT2D eigenvalue weighted by atomic mass is 79.9. The van der Waals surface area contributed by atoms with Gasteiger partial charge in [0.2, 0.25) is 0 Å². The molecule has 6 heteroatoms. The number of rotatable bonds is 8. The predicted molar refractivity (Wildman–Crippen MR) is 149 cm³/mol. The van der Waals surface area contributed by atoms with Gasteiger partial charge in [0.15, 0.2) is 0 Å². The molecule has 36 heavy (non-hydrogen) atoms. The van der Waals surface area contributed by atoms with Gasteiger partial charge >= 0.3 is 0 Å². The van der Waals surface area contributed by atoms with Crippen LogP contribution in [0.15, 0.2) is 113 Å². The van der Waals surface area contributed by atoms with E-state index in [0.717, 1.165) is 42.9 Å². The van der Waals surface area contributed by atoms with E-state index in [1.165, 1.54) is 0 Å². The lowest BCUT2D eigenvalue weighted by Crippen LogP contribution is -2.22. The second-order valence-corrected chi connectivity index (χ2v) is 10.0. The Morgan fingerprint density at radius 1 is 0.889 bits per heavy atom. The van der Waals surface area contributed by atoms with E-state index in [0.29, 0.717) is 18.7 Å². The number of aromatic nitrogens is 1. The van der Waals surface area contributed by atoms with E-state index in [-0.39, 0.29) is 5.91 Å². The fraction of sp³-hybridized carbons (Fsp3) is 0.0667. The number of benzene rings is 3. The SMILES string of the molecule is O=C(NCc1cccnc1)c1ccc(-c2sccc2-c2cc(Br)ccc2OCc2ccccc2)cc1. The molecule has 2 aromatic heterocycles. The van der Waals surface area contributed by atoms with Crippen LogP contribution in [0.1, 0.15) is 21.5 Å². The Balaban J connectivity index is 1.35. The van der Waals surface area contributed by atoms with Gasteiger partial charge in [-0.3, -0.25) is 9.78 Å². The standard InChI is InChI=1S/C30H23BrN2O2S/c31-25-12-13-28(35-20-21-5-2-1-3-6-21)27(17-25)26-14-16-36-29(26)23-8-10-24(11-9-23)30(34)33-19-22-7-4-15-32-18-22/h1-18H,19-20H2,(H,33,34). The molecule has 2 heterocycles. The first-order chi connectivity index (χ1) is 17.7. The van der Waals surface area contributed by atoms with Gasteiger partial charge in [-0.25, -0.2) is 0 Å². The van der Waals surface area contributed by atoms with Crippen LogP contribution in [0.3, 0.4) is 0 Å².